The monoisotopic (exact) mass is 275 g/mol. The molecule has 0 radical (unpaired) electrons. The van der Waals surface area contributed by atoms with Gasteiger partial charge in [0.25, 0.3) is 5.69 Å². The number of nitriles is 1. The van der Waals surface area contributed by atoms with E-state index in [0.29, 0.717) is 16.8 Å². The number of nitrogens with one attached hydrogen (secondary N) is 1. The molecule has 0 saturated carbocycles. The SMILES string of the molecule is Cc1cc([N+](=O)[O-])c(C)cc1NC(=O)C(C#N)C(C)C. The van der Waals surface area contributed by atoms with Crippen molar-refractivity contribution < 1.29 is 9.72 Å². The van der Waals surface area contributed by atoms with E-state index in [1.54, 1.807) is 33.8 Å². The van der Waals surface area contributed by atoms with Gasteiger partial charge in [-0.3, -0.25) is 14.9 Å². The first kappa shape index (κ1) is 15.6. The zero-order valence-corrected chi connectivity index (χ0v) is 11.9. The summed E-state index contributed by atoms with van der Waals surface area (Å²) >= 11 is 0. The summed E-state index contributed by atoms with van der Waals surface area (Å²) in [6.45, 7) is 6.87. The molecule has 0 bridgehead atoms. The normalized spacial score (nSPS) is 11.8. The highest BCUT2D eigenvalue weighted by Gasteiger charge is 2.23. The van der Waals surface area contributed by atoms with E-state index >= 15 is 0 Å². The number of anilines is 1. The van der Waals surface area contributed by atoms with E-state index in [9.17, 15) is 14.9 Å². The fourth-order valence-corrected chi connectivity index (χ4v) is 1.85. The highest BCUT2D eigenvalue weighted by Crippen LogP contribution is 2.26. The lowest BCUT2D eigenvalue weighted by molar-refractivity contribution is -0.385. The zero-order chi connectivity index (χ0) is 15.4. The van der Waals surface area contributed by atoms with Crippen molar-refractivity contribution in [1.29, 1.82) is 5.26 Å². The largest absolute Gasteiger partial charge is 0.325 e. The Balaban J connectivity index is 3.06. The van der Waals surface area contributed by atoms with Crippen molar-refractivity contribution in [3.05, 3.63) is 33.4 Å². The van der Waals surface area contributed by atoms with Crippen molar-refractivity contribution in [2.45, 2.75) is 27.7 Å². The van der Waals surface area contributed by atoms with Gasteiger partial charge in [0.2, 0.25) is 5.91 Å². The van der Waals surface area contributed by atoms with Crippen LogP contribution >= 0.6 is 0 Å². The van der Waals surface area contributed by atoms with Crippen LogP contribution in [-0.4, -0.2) is 10.8 Å². The number of nitrogens with zero attached hydrogens (tertiary/aromatic N) is 2. The van der Waals surface area contributed by atoms with Crippen LogP contribution in [0.2, 0.25) is 0 Å². The predicted molar refractivity (Wildman–Crippen MR) is 75.1 cm³/mol. The molecule has 6 heteroatoms. The molecule has 1 aromatic rings. The molecule has 0 aliphatic heterocycles. The van der Waals surface area contributed by atoms with Crippen LogP contribution < -0.4 is 5.32 Å². The number of carbonyl (C=O) groups excluding carboxylic acids is 1. The van der Waals surface area contributed by atoms with Crippen LogP contribution in [0, 0.1) is 47.1 Å². The van der Waals surface area contributed by atoms with Crippen molar-refractivity contribution in [2.75, 3.05) is 5.32 Å². The number of benzene rings is 1. The first-order chi connectivity index (χ1) is 9.27. The maximum atomic E-state index is 12.0. The number of hydrogen-bond acceptors (Lipinski definition) is 4. The lowest BCUT2D eigenvalue weighted by Gasteiger charge is -2.15. The summed E-state index contributed by atoms with van der Waals surface area (Å²) in [5.74, 6) is -1.23. The average molecular weight is 275 g/mol. The third-order valence-corrected chi connectivity index (χ3v) is 3.09. The van der Waals surface area contributed by atoms with Gasteiger partial charge in [-0.1, -0.05) is 13.8 Å². The van der Waals surface area contributed by atoms with E-state index in [-0.39, 0.29) is 17.5 Å². The molecule has 0 aliphatic carbocycles. The Kier molecular flexibility index (Phi) is 4.81. The van der Waals surface area contributed by atoms with Crippen LogP contribution in [0.3, 0.4) is 0 Å². The molecule has 0 spiro atoms. The lowest BCUT2D eigenvalue weighted by atomic mass is 9.96. The minimum atomic E-state index is -0.745. The van der Waals surface area contributed by atoms with Crippen molar-refractivity contribution in [3.8, 4) is 6.07 Å². The van der Waals surface area contributed by atoms with Gasteiger partial charge in [0, 0.05) is 17.3 Å². The summed E-state index contributed by atoms with van der Waals surface area (Å²) in [5.41, 5.74) is 1.57. The van der Waals surface area contributed by atoms with E-state index in [2.05, 4.69) is 5.32 Å². The summed E-state index contributed by atoms with van der Waals surface area (Å²) in [4.78, 5) is 22.4. The van der Waals surface area contributed by atoms with Crippen molar-refractivity contribution in [1.82, 2.24) is 0 Å². The fraction of sp³-hybridized carbons (Fsp3) is 0.429. The van der Waals surface area contributed by atoms with Gasteiger partial charge in [0.1, 0.15) is 5.92 Å². The van der Waals surface area contributed by atoms with Crippen molar-refractivity contribution >= 4 is 17.3 Å². The summed E-state index contributed by atoms with van der Waals surface area (Å²) in [7, 11) is 0. The molecule has 0 fully saturated rings. The Morgan fingerprint density at radius 2 is 1.95 bits per heavy atom. The Hall–Kier alpha value is -2.42. The van der Waals surface area contributed by atoms with E-state index < -0.39 is 10.8 Å². The highest BCUT2D eigenvalue weighted by molar-refractivity contribution is 5.95. The molecule has 0 aromatic heterocycles. The van der Waals surface area contributed by atoms with E-state index in [1.165, 1.54) is 6.07 Å². The van der Waals surface area contributed by atoms with Gasteiger partial charge in [0.15, 0.2) is 0 Å². The van der Waals surface area contributed by atoms with Crippen molar-refractivity contribution in [3.63, 3.8) is 0 Å². The van der Waals surface area contributed by atoms with Gasteiger partial charge >= 0.3 is 0 Å². The molecule has 0 heterocycles. The summed E-state index contributed by atoms with van der Waals surface area (Å²) < 4.78 is 0. The number of hydrogen-bond donors (Lipinski definition) is 1. The molecular weight excluding hydrogens is 258 g/mol. The minimum absolute atomic E-state index is 0.0150. The van der Waals surface area contributed by atoms with Crippen LogP contribution in [-0.2, 0) is 4.79 Å². The predicted octanol–water partition coefficient (Wildman–Crippen LogP) is 2.95. The molecule has 1 unspecified atom stereocenters. The third kappa shape index (κ3) is 3.32. The highest BCUT2D eigenvalue weighted by atomic mass is 16.6. The molecule has 0 aliphatic rings. The second kappa shape index (κ2) is 6.15. The van der Waals surface area contributed by atoms with Crippen LogP contribution in [0.25, 0.3) is 0 Å². The smallest absolute Gasteiger partial charge is 0.272 e. The minimum Gasteiger partial charge on any atom is -0.325 e. The lowest BCUT2D eigenvalue weighted by Crippen LogP contribution is -2.26. The first-order valence-corrected chi connectivity index (χ1v) is 6.24. The average Bonchev–Trinajstić information content (AvgIpc) is 2.33. The number of carbonyl (C=O) groups is 1. The number of aryl methyl sites for hydroxylation is 2. The van der Waals surface area contributed by atoms with Crippen LogP contribution in [0.4, 0.5) is 11.4 Å². The Morgan fingerprint density at radius 1 is 1.35 bits per heavy atom. The van der Waals surface area contributed by atoms with Gasteiger partial charge in [-0.15, -0.1) is 0 Å². The van der Waals surface area contributed by atoms with Gasteiger partial charge in [-0.25, -0.2) is 0 Å². The molecule has 1 atom stereocenters. The molecule has 1 rings (SSSR count). The molecule has 1 aromatic carbocycles. The maximum Gasteiger partial charge on any atom is 0.272 e. The topological polar surface area (TPSA) is 96.0 Å². The molecular formula is C14H17N3O3. The third-order valence-electron chi connectivity index (χ3n) is 3.09. The van der Waals surface area contributed by atoms with Gasteiger partial charge in [0.05, 0.1) is 11.0 Å². The maximum absolute atomic E-state index is 12.0. The van der Waals surface area contributed by atoms with Gasteiger partial charge in [-0.2, -0.15) is 5.26 Å². The van der Waals surface area contributed by atoms with E-state index in [0.717, 1.165) is 0 Å². The fourth-order valence-electron chi connectivity index (χ4n) is 1.85. The quantitative estimate of drug-likeness (QED) is 0.674. The number of nitro benzene ring substituents is 1. The van der Waals surface area contributed by atoms with Crippen LogP contribution in [0.1, 0.15) is 25.0 Å². The summed E-state index contributed by atoms with van der Waals surface area (Å²) in [6, 6.07) is 4.94. The Labute approximate surface area is 117 Å². The first-order valence-electron chi connectivity index (χ1n) is 6.24. The molecule has 6 nitrogen and oxygen atoms in total. The molecule has 0 saturated heterocycles. The van der Waals surface area contributed by atoms with Crippen LogP contribution in [0.5, 0.6) is 0 Å². The van der Waals surface area contributed by atoms with Crippen molar-refractivity contribution in [2.24, 2.45) is 11.8 Å². The zero-order valence-electron chi connectivity index (χ0n) is 11.9. The van der Waals surface area contributed by atoms with Gasteiger partial charge in [-0.05, 0) is 31.4 Å². The summed E-state index contributed by atoms with van der Waals surface area (Å²) in [6.07, 6.45) is 0. The molecule has 106 valence electrons. The second-order valence-electron chi connectivity index (χ2n) is 5.05. The van der Waals surface area contributed by atoms with Crippen LogP contribution in [0.15, 0.2) is 12.1 Å². The number of amides is 1. The number of rotatable bonds is 4. The molecule has 1 N–H and O–H groups in total. The molecule has 1 amide bonds. The Morgan fingerprint density at radius 3 is 2.40 bits per heavy atom. The second-order valence-corrected chi connectivity index (χ2v) is 5.05. The molecule has 20 heavy (non-hydrogen) atoms. The van der Waals surface area contributed by atoms with Gasteiger partial charge < -0.3 is 5.32 Å². The van der Waals surface area contributed by atoms with E-state index in [1.807, 2.05) is 6.07 Å². The Bertz CT molecular complexity index is 588. The van der Waals surface area contributed by atoms with E-state index in [4.69, 9.17) is 5.26 Å². The summed E-state index contributed by atoms with van der Waals surface area (Å²) in [5, 5.41) is 22.5. The standard InChI is InChI=1S/C14H17N3O3/c1-8(2)11(7-15)14(18)16-12-5-10(4)13(17(19)20)6-9(12)3/h5-6,8,11H,1-4H3,(H,16,18). The number of nitro groups is 1.